The molecular weight excluding hydrogens is 194 g/mol. The first-order chi connectivity index (χ1) is 7.13. The van der Waals surface area contributed by atoms with Crippen LogP contribution >= 0.6 is 0 Å². The standard InChI is InChI=1S/C11H19NO3/c1-2-9(7-10(13)14)12-11(15)8-5-3-4-6-8/h8-9H,2-7H2,1H3,(H,12,15)(H,13,14). The van der Waals surface area contributed by atoms with Gasteiger partial charge in [0.1, 0.15) is 0 Å². The number of carboxylic acid groups (broad SMARTS) is 1. The van der Waals surface area contributed by atoms with Gasteiger partial charge < -0.3 is 10.4 Å². The predicted molar refractivity (Wildman–Crippen MR) is 56.4 cm³/mol. The lowest BCUT2D eigenvalue weighted by Gasteiger charge is -2.17. The van der Waals surface area contributed by atoms with Gasteiger partial charge in [-0.2, -0.15) is 0 Å². The zero-order valence-corrected chi connectivity index (χ0v) is 9.16. The topological polar surface area (TPSA) is 66.4 Å². The van der Waals surface area contributed by atoms with E-state index >= 15 is 0 Å². The number of hydrogen-bond acceptors (Lipinski definition) is 2. The monoisotopic (exact) mass is 213 g/mol. The van der Waals surface area contributed by atoms with Crippen LogP contribution in [0, 0.1) is 5.92 Å². The third kappa shape index (κ3) is 3.90. The van der Waals surface area contributed by atoms with Gasteiger partial charge in [0.25, 0.3) is 0 Å². The summed E-state index contributed by atoms with van der Waals surface area (Å²) < 4.78 is 0. The minimum atomic E-state index is -0.853. The molecule has 1 amide bonds. The second kappa shape index (κ2) is 5.73. The SMILES string of the molecule is CCC(CC(=O)O)NC(=O)C1CCCC1. The predicted octanol–water partition coefficient (Wildman–Crippen LogP) is 1.55. The molecule has 1 saturated carbocycles. The van der Waals surface area contributed by atoms with Crippen molar-refractivity contribution in [3.05, 3.63) is 0 Å². The van der Waals surface area contributed by atoms with Crippen LogP contribution in [0.1, 0.15) is 45.4 Å². The van der Waals surface area contributed by atoms with Crippen molar-refractivity contribution in [3.63, 3.8) is 0 Å². The van der Waals surface area contributed by atoms with Crippen molar-refractivity contribution in [1.29, 1.82) is 0 Å². The van der Waals surface area contributed by atoms with Gasteiger partial charge in [0, 0.05) is 12.0 Å². The molecule has 2 N–H and O–H groups in total. The lowest BCUT2D eigenvalue weighted by molar-refractivity contribution is -0.137. The molecule has 0 aromatic rings. The van der Waals surface area contributed by atoms with Gasteiger partial charge in [0.05, 0.1) is 6.42 Å². The van der Waals surface area contributed by atoms with E-state index < -0.39 is 5.97 Å². The van der Waals surface area contributed by atoms with Gasteiger partial charge >= 0.3 is 5.97 Å². The van der Waals surface area contributed by atoms with Crippen LogP contribution in [0.15, 0.2) is 0 Å². The van der Waals surface area contributed by atoms with Crippen LogP contribution in [0.4, 0.5) is 0 Å². The van der Waals surface area contributed by atoms with E-state index in [9.17, 15) is 9.59 Å². The smallest absolute Gasteiger partial charge is 0.305 e. The first-order valence-electron chi connectivity index (χ1n) is 5.65. The Morgan fingerprint density at radius 2 is 2.00 bits per heavy atom. The van der Waals surface area contributed by atoms with Crippen LogP contribution in [0.2, 0.25) is 0 Å². The number of rotatable bonds is 5. The van der Waals surface area contributed by atoms with E-state index in [1.54, 1.807) is 0 Å². The lowest BCUT2D eigenvalue weighted by atomic mass is 10.1. The summed E-state index contributed by atoms with van der Waals surface area (Å²) in [7, 11) is 0. The molecule has 0 aromatic carbocycles. The number of carbonyl (C=O) groups excluding carboxylic acids is 1. The summed E-state index contributed by atoms with van der Waals surface area (Å²) in [6.07, 6.45) is 4.84. The normalized spacial score (nSPS) is 18.7. The quantitative estimate of drug-likeness (QED) is 0.728. The number of hydrogen-bond donors (Lipinski definition) is 2. The molecule has 1 aliphatic rings. The summed E-state index contributed by atoms with van der Waals surface area (Å²) in [5, 5.41) is 11.5. The highest BCUT2D eigenvalue weighted by Gasteiger charge is 2.24. The Hall–Kier alpha value is -1.06. The molecule has 0 aliphatic heterocycles. The average molecular weight is 213 g/mol. The number of carboxylic acids is 1. The zero-order chi connectivity index (χ0) is 11.3. The Kier molecular flexibility index (Phi) is 4.59. The van der Waals surface area contributed by atoms with Crippen LogP contribution in [0.5, 0.6) is 0 Å². The molecule has 1 fully saturated rings. The second-order valence-corrected chi connectivity index (χ2v) is 4.19. The van der Waals surface area contributed by atoms with Gasteiger partial charge in [0.2, 0.25) is 5.91 Å². The Labute approximate surface area is 90.0 Å². The van der Waals surface area contributed by atoms with E-state index in [0.29, 0.717) is 6.42 Å². The zero-order valence-electron chi connectivity index (χ0n) is 9.16. The maximum absolute atomic E-state index is 11.7. The number of nitrogens with one attached hydrogen (secondary N) is 1. The molecule has 1 rings (SSSR count). The van der Waals surface area contributed by atoms with Gasteiger partial charge in [-0.15, -0.1) is 0 Å². The highest BCUT2D eigenvalue weighted by molar-refractivity contribution is 5.80. The van der Waals surface area contributed by atoms with Gasteiger partial charge in [-0.3, -0.25) is 9.59 Å². The lowest BCUT2D eigenvalue weighted by Crippen LogP contribution is -2.39. The summed E-state index contributed by atoms with van der Waals surface area (Å²) in [4.78, 5) is 22.2. The molecule has 0 spiro atoms. The number of amides is 1. The fraction of sp³-hybridized carbons (Fsp3) is 0.818. The van der Waals surface area contributed by atoms with Crippen LogP contribution in [0.3, 0.4) is 0 Å². The molecule has 1 unspecified atom stereocenters. The number of aliphatic carboxylic acids is 1. The first kappa shape index (κ1) is 12.0. The maximum Gasteiger partial charge on any atom is 0.305 e. The van der Waals surface area contributed by atoms with Crippen molar-refractivity contribution in [1.82, 2.24) is 5.32 Å². The van der Waals surface area contributed by atoms with Crippen LogP contribution in [0.25, 0.3) is 0 Å². The molecule has 86 valence electrons. The molecule has 15 heavy (non-hydrogen) atoms. The number of carbonyl (C=O) groups is 2. The molecular formula is C11H19NO3. The Balaban J connectivity index is 2.36. The molecule has 0 saturated heterocycles. The van der Waals surface area contributed by atoms with E-state index in [1.165, 1.54) is 0 Å². The van der Waals surface area contributed by atoms with Gasteiger partial charge in [-0.25, -0.2) is 0 Å². The molecule has 0 bridgehead atoms. The minimum absolute atomic E-state index is 0.0228. The van der Waals surface area contributed by atoms with Crippen molar-refractivity contribution >= 4 is 11.9 Å². The Bertz CT molecular complexity index is 234. The van der Waals surface area contributed by atoms with Gasteiger partial charge in [0.15, 0.2) is 0 Å². The fourth-order valence-electron chi connectivity index (χ4n) is 2.02. The minimum Gasteiger partial charge on any atom is -0.481 e. The maximum atomic E-state index is 11.7. The van der Waals surface area contributed by atoms with E-state index in [2.05, 4.69) is 5.32 Å². The summed E-state index contributed by atoms with van der Waals surface area (Å²) >= 11 is 0. The van der Waals surface area contributed by atoms with Crippen molar-refractivity contribution in [2.75, 3.05) is 0 Å². The molecule has 0 heterocycles. The summed E-state index contributed by atoms with van der Waals surface area (Å²) in [5.41, 5.74) is 0. The molecule has 4 nitrogen and oxygen atoms in total. The molecule has 0 aromatic heterocycles. The first-order valence-corrected chi connectivity index (χ1v) is 5.65. The third-order valence-corrected chi connectivity index (χ3v) is 2.99. The van der Waals surface area contributed by atoms with Gasteiger partial charge in [-0.05, 0) is 19.3 Å². The summed E-state index contributed by atoms with van der Waals surface area (Å²) in [6.45, 7) is 1.89. The highest BCUT2D eigenvalue weighted by Crippen LogP contribution is 2.24. The largest absolute Gasteiger partial charge is 0.481 e. The van der Waals surface area contributed by atoms with E-state index in [-0.39, 0.29) is 24.3 Å². The second-order valence-electron chi connectivity index (χ2n) is 4.19. The van der Waals surface area contributed by atoms with E-state index in [0.717, 1.165) is 25.7 Å². The molecule has 0 radical (unpaired) electrons. The van der Waals surface area contributed by atoms with Crippen LogP contribution in [-0.2, 0) is 9.59 Å². The van der Waals surface area contributed by atoms with Crippen molar-refractivity contribution in [2.45, 2.75) is 51.5 Å². The van der Waals surface area contributed by atoms with Crippen molar-refractivity contribution in [3.8, 4) is 0 Å². The van der Waals surface area contributed by atoms with Crippen LogP contribution in [-0.4, -0.2) is 23.0 Å². The third-order valence-electron chi connectivity index (χ3n) is 2.99. The van der Waals surface area contributed by atoms with Gasteiger partial charge in [-0.1, -0.05) is 19.8 Å². The average Bonchev–Trinajstić information content (AvgIpc) is 2.68. The fourth-order valence-corrected chi connectivity index (χ4v) is 2.02. The Morgan fingerprint density at radius 3 is 2.47 bits per heavy atom. The van der Waals surface area contributed by atoms with Crippen LogP contribution < -0.4 is 5.32 Å². The summed E-state index contributed by atoms with van der Waals surface area (Å²) in [5.74, 6) is -0.693. The van der Waals surface area contributed by atoms with Crippen molar-refractivity contribution in [2.24, 2.45) is 5.92 Å². The van der Waals surface area contributed by atoms with E-state index in [4.69, 9.17) is 5.11 Å². The molecule has 4 heteroatoms. The highest BCUT2D eigenvalue weighted by atomic mass is 16.4. The molecule has 1 aliphatic carbocycles. The van der Waals surface area contributed by atoms with E-state index in [1.807, 2.05) is 6.92 Å². The summed E-state index contributed by atoms with van der Waals surface area (Å²) in [6, 6.07) is -0.212. The van der Waals surface area contributed by atoms with Crippen molar-refractivity contribution < 1.29 is 14.7 Å². The molecule has 1 atom stereocenters. The Morgan fingerprint density at radius 1 is 1.40 bits per heavy atom.